The van der Waals surface area contributed by atoms with Crippen molar-refractivity contribution in [1.29, 1.82) is 0 Å². The summed E-state index contributed by atoms with van der Waals surface area (Å²) in [4.78, 5) is 13.1. The molecule has 1 saturated heterocycles. The lowest BCUT2D eigenvalue weighted by atomic mass is 10.1. The predicted octanol–water partition coefficient (Wildman–Crippen LogP) is 1.56. The molecule has 1 aliphatic rings. The molecule has 0 radical (unpaired) electrons. The Hall–Kier alpha value is -1.20. The third-order valence-electron chi connectivity index (χ3n) is 2.93. The highest BCUT2D eigenvalue weighted by Gasteiger charge is 2.33. The molecule has 0 saturated carbocycles. The van der Waals surface area contributed by atoms with E-state index in [4.69, 9.17) is 11.6 Å². The standard InChI is InChI=1S/C12H12ClF2NO2/c13-9-4-8(14)2-1-7(9)3-12(18)16-5-10(15)11(17)6-16/h1-2,4,10-11,17H,3,5-6H2/t10-,11-/m1/s1. The Morgan fingerprint density at radius 2 is 2.22 bits per heavy atom. The van der Waals surface area contributed by atoms with Gasteiger partial charge in [-0.3, -0.25) is 4.79 Å². The largest absolute Gasteiger partial charge is 0.388 e. The molecule has 1 heterocycles. The average Bonchev–Trinajstić information content (AvgIpc) is 2.63. The minimum atomic E-state index is -1.40. The highest BCUT2D eigenvalue weighted by molar-refractivity contribution is 6.31. The zero-order valence-electron chi connectivity index (χ0n) is 9.44. The van der Waals surface area contributed by atoms with Crippen molar-refractivity contribution in [3.8, 4) is 0 Å². The number of alkyl halides is 1. The zero-order chi connectivity index (χ0) is 13.3. The first-order chi connectivity index (χ1) is 8.47. The van der Waals surface area contributed by atoms with Crippen LogP contribution in [-0.4, -0.2) is 41.3 Å². The van der Waals surface area contributed by atoms with E-state index in [1.165, 1.54) is 17.0 Å². The maximum atomic E-state index is 13.1. The lowest BCUT2D eigenvalue weighted by Gasteiger charge is -2.15. The number of aliphatic hydroxyl groups excluding tert-OH is 1. The zero-order valence-corrected chi connectivity index (χ0v) is 10.2. The number of carbonyl (C=O) groups excluding carboxylic acids is 1. The summed E-state index contributed by atoms with van der Waals surface area (Å²) in [7, 11) is 0. The van der Waals surface area contributed by atoms with Crippen LogP contribution in [0.15, 0.2) is 18.2 Å². The van der Waals surface area contributed by atoms with Crippen molar-refractivity contribution in [2.45, 2.75) is 18.7 Å². The van der Waals surface area contributed by atoms with E-state index in [1.54, 1.807) is 0 Å². The van der Waals surface area contributed by atoms with Gasteiger partial charge in [0.25, 0.3) is 0 Å². The van der Waals surface area contributed by atoms with Crippen LogP contribution in [0.25, 0.3) is 0 Å². The van der Waals surface area contributed by atoms with Gasteiger partial charge in [-0.05, 0) is 17.7 Å². The number of halogens is 3. The second kappa shape index (κ2) is 5.20. The second-order valence-corrected chi connectivity index (χ2v) is 4.70. The summed E-state index contributed by atoms with van der Waals surface area (Å²) in [6, 6.07) is 3.77. The van der Waals surface area contributed by atoms with Crippen LogP contribution < -0.4 is 0 Å². The Morgan fingerprint density at radius 3 is 2.78 bits per heavy atom. The van der Waals surface area contributed by atoms with Crippen molar-refractivity contribution in [3.05, 3.63) is 34.6 Å². The van der Waals surface area contributed by atoms with Crippen LogP contribution in [0.2, 0.25) is 5.02 Å². The molecule has 6 heteroatoms. The van der Waals surface area contributed by atoms with E-state index in [0.29, 0.717) is 5.56 Å². The van der Waals surface area contributed by atoms with Crippen molar-refractivity contribution < 1.29 is 18.7 Å². The summed E-state index contributed by atoms with van der Waals surface area (Å²) in [5.41, 5.74) is 0.486. The fraction of sp³-hybridized carbons (Fsp3) is 0.417. The van der Waals surface area contributed by atoms with Crippen LogP contribution in [0.4, 0.5) is 8.78 Å². The van der Waals surface area contributed by atoms with E-state index in [-0.39, 0.29) is 30.4 Å². The van der Waals surface area contributed by atoms with E-state index < -0.39 is 18.1 Å². The molecule has 18 heavy (non-hydrogen) atoms. The van der Waals surface area contributed by atoms with Gasteiger partial charge in [-0.25, -0.2) is 8.78 Å². The summed E-state index contributed by atoms with van der Waals surface area (Å²) in [6.07, 6.45) is -2.56. The lowest BCUT2D eigenvalue weighted by Crippen LogP contribution is -2.31. The van der Waals surface area contributed by atoms with Gasteiger partial charge >= 0.3 is 0 Å². The number of carbonyl (C=O) groups is 1. The number of hydrogen-bond donors (Lipinski definition) is 1. The minimum absolute atomic E-state index is 0.0151. The maximum absolute atomic E-state index is 13.1. The highest BCUT2D eigenvalue weighted by atomic mass is 35.5. The highest BCUT2D eigenvalue weighted by Crippen LogP contribution is 2.20. The molecule has 3 nitrogen and oxygen atoms in total. The summed E-state index contributed by atoms with van der Waals surface area (Å²) >= 11 is 5.80. The molecule has 1 aromatic carbocycles. The van der Waals surface area contributed by atoms with E-state index in [0.717, 1.165) is 6.07 Å². The van der Waals surface area contributed by atoms with Gasteiger partial charge in [-0.1, -0.05) is 17.7 Å². The minimum Gasteiger partial charge on any atom is -0.388 e. The first-order valence-corrected chi connectivity index (χ1v) is 5.89. The van der Waals surface area contributed by atoms with Crippen molar-refractivity contribution in [3.63, 3.8) is 0 Å². The number of nitrogens with zero attached hydrogens (tertiary/aromatic N) is 1. The molecular formula is C12H12ClF2NO2. The average molecular weight is 276 g/mol. The first kappa shape index (κ1) is 13.2. The van der Waals surface area contributed by atoms with Crippen LogP contribution in [0.5, 0.6) is 0 Å². The monoisotopic (exact) mass is 275 g/mol. The number of benzene rings is 1. The number of rotatable bonds is 2. The first-order valence-electron chi connectivity index (χ1n) is 5.51. The Bertz CT molecular complexity index is 459. The predicted molar refractivity (Wildman–Crippen MR) is 62.6 cm³/mol. The lowest BCUT2D eigenvalue weighted by molar-refractivity contribution is -0.129. The SMILES string of the molecule is O=C(Cc1ccc(F)cc1Cl)N1C[C@@H](O)[C@H](F)C1. The fourth-order valence-electron chi connectivity index (χ4n) is 1.89. The third-order valence-corrected chi connectivity index (χ3v) is 3.28. The molecule has 1 N–H and O–H groups in total. The molecule has 0 aliphatic carbocycles. The van der Waals surface area contributed by atoms with E-state index in [1.807, 2.05) is 0 Å². The molecule has 0 bridgehead atoms. The van der Waals surface area contributed by atoms with Crippen molar-refractivity contribution in [1.82, 2.24) is 4.90 Å². The second-order valence-electron chi connectivity index (χ2n) is 4.29. The maximum Gasteiger partial charge on any atom is 0.227 e. The molecular weight excluding hydrogens is 264 g/mol. The topological polar surface area (TPSA) is 40.5 Å². The van der Waals surface area contributed by atoms with Crippen LogP contribution in [0.3, 0.4) is 0 Å². The van der Waals surface area contributed by atoms with Crippen molar-refractivity contribution in [2.24, 2.45) is 0 Å². The smallest absolute Gasteiger partial charge is 0.227 e. The summed E-state index contributed by atoms with van der Waals surface area (Å²) < 4.78 is 25.9. The number of amides is 1. The third kappa shape index (κ3) is 2.79. The van der Waals surface area contributed by atoms with Crippen LogP contribution in [-0.2, 0) is 11.2 Å². The Labute approximate surface area is 108 Å². The summed E-state index contributed by atoms with van der Waals surface area (Å²) in [6.45, 7) is -0.127. The summed E-state index contributed by atoms with van der Waals surface area (Å²) in [5.74, 6) is -0.806. The Balaban J connectivity index is 2.03. The molecule has 2 atom stereocenters. The number of β-amino-alcohol motifs (C(OH)–C–C–N with tert-alkyl or cyclic N) is 1. The number of aliphatic hydroxyl groups is 1. The van der Waals surface area contributed by atoms with Gasteiger partial charge in [-0.15, -0.1) is 0 Å². The Morgan fingerprint density at radius 1 is 1.50 bits per heavy atom. The molecule has 1 fully saturated rings. The van der Waals surface area contributed by atoms with Gasteiger partial charge in [0, 0.05) is 11.6 Å². The molecule has 0 unspecified atom stereocenters. The van der Waals surface area contributed by atoms with E-state index >= 15 is 0 Å². The Kier molecular flexibility index (Phi) is 3.82. The molecule has 2 rings (SSSR count). The van der Waals surface area contributed by atoms with E-state index in [9.17, 15) is 18.7 Å². The van der Waals surface area contributed by atoms with Gasteiger partial charge in [0.2, 0.25) is 5.91 Å². The van der Waals surface area contributed by atoms with E-state index in [2.05, 4.69) is 0 Å². The molecule has 1 amide bonds. The molecule has 98 valence electrons. The fourth-order valence-corrected chi connectivity index (χ4v) is 2.12. The molecule has 1 aromatic rings. The molecule has 0 aromatic heterocycles. The van der Waals surface area contributed by atoms with Crippen LogP contribution in [0.1, 0.15) is 5.56 Å². The quantitative estimate of drug-likeness (QED) is 0.890. The molecule has 1 aliphatic heterocycles. The normalized spacial score (nSPS) is 23.4. The van der Waals surface area contributed by atoms with Gasteiger partial charge in [0.1, 0.15) is 18.1 Å². The van der Waals surface area contributed by atoms with Gasteiger partial charge < -0.3 is 10.0 Å². The molecule has 0 spiro atoms. The summed E-state index contributed by atoms with van der Waals surface area (Å²) in [5, 5.41) is 9.40. The van der Waals surface area contributed by atoms with Gasteiger partial charge in [0.15, 0.2) is 0 Å². The van der Waals surface area contributed by atoms with Crippen LogP contribution in [0, 0.1) is 5.82 Å². The van der Waals surface area contributed by atoms with Crippen molar-refractivity contribution in [2.75, 3.05) is 13.1 Å². The number of likely N-dealkylation sites (tertiary alicyclic amines) is 1. The van der Waals surface area contributed by atoms with Gasteiger partial charge in [-0.2, -0.15) is 0 Å². The van der Waals surface area contributed by atoms with Crippen LogP contribution >= 0.6 is 11.6 Å². The van der Waals surface area contributed by atoms with Crippen molar-refractivity contribution >= 4 is 17.5 Å². The number of hydrogen-bond acceptors (Lipinski definition) is 2. The van der Waals surface area contributed by atoms with Gasteiger partial charge in [0.05, 0.1) is 13.0 Å².